The molecule has 0 aromatic carbocycles. The predicted octanol–water partition coefficient (Wildman–Crippen LogP) is 2.27. The van der Waals surface area contributed by atoms with Crippen LogP contribution in [0.1, 0.15) is 41.5 Å². The quantitative estimate of drug-likeness (QED) is 0.130. The first-order valence-electron chi connectivity index (χ1n) is 10.3. The molecule has 0 radical (unpaired) electrons. The topological polar surface area (TPSA) is 111 Å². The number of rotatable bonds is 23. The van der Waals surface area contributed by atoms with Gasteiger partial charge in [0.15, 0.2) is 24.4 Å². The fourth-order valence-corrected chi connectivity index (χ4v) is 2.01. The maximum Gasteiger partial charge on any atom is 0.157 e. The molecule has 0 heterocycles. The van der Waals surface area contributed by atoms with E-state index in [1.54, 1.807) is 41.5 Å². The number of hydrogen-bond acceptors (Lipinski definition) is 12. The van der Waals surface area contributed by atoms with E-state index in [9.17, 15) is 0 Å². The summed E-state index contributed by atoms with van der Waals surface area (Å²) in [5.41, 5.74) is 0. The predicted molar refractivity (Wildman–Crippen MR) is 101 cm³/mol. The Labute approximate surface area is 178 Å². The molecule has 4 atom stereocenters. The van der Waals surface area contributed by atoms with Gasteiger partial charge in [0.05, 0.1) is 39.6 Å². The van der Waals surface area contributed by atoms with E-state index in [0.29, 0.717) is 13.2 Å². The smallest absolute Gasteiger partial charge is 0.157 e. The monoisotopic (exact) mass is 446 g/mol. The van der Waals surface area contributed by atoms with Crippen molar-refractivity contribution in [1.82, 2.24) is 0 Å². The highest BCUT2D eigenvalue weighted by Gasteiger charge is 2.42. The van der Waals surface area contributed by atoms with Crippen molar-refractivity contribution in [3.05, 3.63) is 0 Å². The molecule has 0 N–H and O–H groups in total. The SMILES string of the molecule is CCOOC[C@H](OOCC)[C@@H](OOCC)[C@H](OOCC)[C@@H](COOCC)OOCC. The van der Waals surface area contributed by atoms with Crippen LogP contribution < -0.4 is 0 Å². The molecular formula is C18H38O12. The lowest BCUT2D eigenvalue weighted by atomic mass is 10.0. The van der Waals surface area contributed by atoms with E-state index in [4.69, 9.17) is 58.7 Å². The molecule has 0 aliphatic rings. The van der Waals surface area contributed by atoms with E-state index in [1.165, 1.54) is 0 Å². The van der Waals surface area contributed by atoms with E-state index >= 15 is 0 Å². The highest BCUT2D eigenvalue weighted by atomic mass is 17.3. The van der Waals surface area contributed by atoms with E-state index in [1.807, 2.05) is 0 Å². The molecular weight excluding hydrogens is 408 g/mol. The third-order valence-corrected chi connectivity index (χ3v) is 3.14. The third kappa shape index (κ3) is 13.7. The molecule has 0 fully saturated rings. The van der Waals surface area contributed by atoms with Crippen LogP contribution in [-0.4, -0.2) is 77.3 Å². The van der Waals surface area contributed by atoms with Crippen molar-refractivity contribution in [3.8, 4) is 0 Å². The molecule has 182 valence electrons. The van der Waals surface area contributed by atoms with E-state index in [2.05, 4.69) is 0 Å². The standard InChI is InChI=1S/C18H38O12/c1-7-19-25-13-15(27-21-9-3)17(29-23-11-5)18(30-24-12-6)16(28-22-10-4)14-26-20-8-2/h15-18H,7-14H2,1-6H3/t15-,16+,17-,18-/m1/s1. The number of hydrogen-bond donors (Lipinski definition) is 0. The first-order chi connectivity index (χ1) is 14.7. The molecule has 0 amide bonds. The second-order valence-corrected chi connectivity index (χ2v) is 5.40. The van der Waals surface area contributed by atoms with Gasteiger partial charge in [-0.3, -0.25) is 0 Å². The first-order valence-corrected chi connectivity index (χ1v) is 10.3. The molecule has 0 rings (SSSR count). The van der Waals surface area contributed by atoms with Crippen molar-refractivity contribution in [2.75, 3.05) is 52.9 Å². The van der Waals surface area contributed by atoms with Gasteiger partial charge in [-0.15, -0.1) is 0 Å². The van der Waals surface area contributed by atoms with E-state index < -0.39 is 24.4 Å². The lowest BCUT2D eigenvalue weighted by Crippen LogP contribution is -2.52. The van der Waals surface area contributed by atoms with Crippen LogP contribution in [0.15, 0.2) is 0 Å². The largest absolute Gasteiger partial charge is 0.237 e. The van der Waals surface area contributed by atoms with Crippen molar-refractivity contribution in [1.29, 1.82) is 0 Å². The zero-order valence-corrected chi connectivity index (χ0v) is 18.9. The molecule has 0 bridgehead atoms. The van der Waals surface area contributed by atoms with Gasteiger partial charge in [0.2, 0.25) is 0 Å². The minimum atomic E-state index is -0.959. The molecule has 30 heavy (non-hydrogen) atoms. The highest BCUT2D eigenvalue weighted by Crippen LogP contribution is 2.21. The maximum absolute atomic E-state index is 5.53. The fourth-order valence-electron chi connectivity index (χ4n) is 2.01. The summed E-state index contributed by atoms with van der Waals surface area (Å²) in [6, 6.07) is 0. The van der Waals surface area contributed by atoms with Crippen LogP contribution in [0.25, 0.3) is 0 Å². The third-order valence-electron chi connectivity index (χ3n) is 3.14. The Hall–Kier alpha value is -0.480. The van der Waals surface area contributed by atoms with Gasteiger partial charge in [-0.2, -0.15) is 0 Å². The molecule has 0 aliphatic carbocycles. The Balaban J connectivity index is 5.63. The first kappa shape index (κ1) is 29.5. The van der Waals surface area contributed by atoms with Gasteiger partial charge in [-0.05, 0) is 41.5 Å². The van der Waals surface area contributed by atoms with E-state index in [0.717, 1.165) is 0 Å². The Bertz CT molecular complexity index is 317. The summed E-state index contributed by atoms with van der Waals surface area (Å²) in [6.07, 6.45) is -3.62. The van der Waals surface area contributed by atoms with E-state index in [-0.39, 0.29) is 39.6 Å². The maximum atomic E-state index is 5.53. The Morgan fingerprint density at radius 1 is 0.367 bits per heavy atom. The van der Waals surface area contributed by atoms with Crippen LogP contribution in [0.2, 0.25) is 0 Å². The average molecular weight is 446 g/mol. The van der Waals surface area contributed by atoms with Gasteiger partial charge < -0.3 is 0 Å². The summed E-state index contributed by atoms with van der Waals surface area (Å²) >= 11 is 0. The summed E-state index contributed by atoms with van der Waals surface area (Å²) in [7, 11) is 0. The minimum absolute atomic E-state index is 0.0642. The van der Waals surface area contributed by atoms with Crippen LogP contribution in [-0.2, 0) is 58.7 Å². The molecule has 0 saturated heterocycles. The van der Waals surface area contributed by atoms with Crippen LogP contribution in [0, 0.1) is 0 Å². The lowest BCUT2D eigenvalue weighted by Gasteiger charge is -2.33. The molecule has 0 spiro atoms. The van der Waals surface area contributed by atoms with Gasteiger partial charge in [-0.25, -0.2) is 58.7 Å². The Kier molecular flexibility index (Phi) is 21.4. The normalized spacial score (nSPS) is 15.8. The van der Waals surface area contributed by atoms with Crippen molar-refractivity contribution < 1.29 is 58.7 Å². The molecule has 0 saturated carbocycles. The second-order valence-electron chi connectivity index (χ2n) is 5.40. The Morgan fingerprint density at radius 3 is 0.967 bits per heavy atom. The summed E-state index contributed by atoms with van der Waals surface area (Å²) < 4.78 is 0. The summed E-state index contributed by atoms with van der Waals surface area (Å²) in [6.45, 7) is 12.3. The minimum Gasteiger partial charge on any atom is -0.237 e. The zero-order valence-electron chi connectivity index (χ0n) is 18.9. The second kappa shape index (κ2) is 21.7. The molecule has 0 aromatic rings. The lowest BCUT2D eigenvalue weighted by molar-refractivity contribution is -0.463. The molecule has 0 aliphatic heterocycles. The van der Waals surface area contributed by atoms with Crippen molar-refractivity contribution in [3.63, 3.8) is 0 Å². The zero-order chi connectivity index (χ0) is 22.5. The average Bonchev–Trinajstić information content (AvgIpc) is 2.76. The fraction of sp³-hybridized carbons (Fsp3) is 1.00. The van der Waals surface area contributed by atoms with Crippen LogP contribution in [0.3, 0.4) is 0 Å². The van der Waals surface area contributed by atoms with Gasteiger partial charge in [0.25, 0.3) is 0 Å². The molecule has 12 nitrogen and oxygen atoms in total. The van der Waals surface area contributed by atoms with Crippen molar-refractivity contribution in [2.45, 2.75) is 66.0 Å². The molecule has 12 heteroatoms. The van der Waals surface area contributed by atoms with Crippen molar-refractivity contribution >= 4 is 0 Å². The van der Waals surface area contributed by atoms with Gasteiger partial charge in [0, 0.05) is 0 Å². The molecule has 0 unspecified atom stereocenters. The Morgan fingerprint density at radius 2 is 0.667 bits per heavy atom. The van der Waals surface area contributed by atoms with Crippen LogP contribution in [0.5, 0.6) is 0 Å². The van der Waals surface area contributed by atoms with Gasteiger partial charge in [0.1, 0.15) is 13.2 Å². The summed E-state index contributed by atoms with van der Waals surface area (Å²) in [5.74, 6) is 0. The van der Waals surface area contributed by atoms with Crippen LogP contribution >= 0.6 is 0 Å². The van der Waals surface area contributed by atoms with Gasteiger partial charge in [-0.1, -0.05) is 0 Å². The molecule has 0 aromatic heterocycles. The summed E-state index contributed by atoms with van der Waals surface area (Å²) in [5, 5.41) is 0. The van der Waals surface area contributed by atoms with Gasteiger partial charge >= 0.3 is 0 Å². The highest BCUT2D eigenvalue weighted by molar-refractivity contribution is 4.84. The van der Waals surface area contributed by atoms with Crippen molar-refractivity contribution in [2.24, 2.45) is 0 Å². The van der Waals surface area contributed by atoms with Crippen LogP contribution in [0.4, 0.5) is 0 Å². The summed E-state index contributed by atoms with van der Waals surface area (Å²) in [4.78, 5) is 62.7.